The van der Waals surface area contributed by atoms with Crippen molar-refractivity contribution in [2.75, 3.05) is 14.2 Å². The van der Waals surface area contributed by atoms with Gasteiger partial charge in [-0.3, -0.25) is 0 Å². The fourth-order valence-electron chi connectivity index (χ4n) is 1.39. The van der Waals surface area contributed by atoms with Crippen molar-refractivity contribution in [3.8, 4) is 5.88 Å². The highest BCUT2D eigenvalue weighted by Crippen LogP contribution is 2.21. The molecule has 5 nitrogen and oxygen atoms in total. The summed E-state index contributed by atoms with van der Waals surface area (Å²) in [6, 6.07) is 1.72. The molecule has 0 bridgehead atoms. The molecule has 0 radical (unpaired) electrons. The van der Waals surface area contributed by atoms with Crippen molar-refractivity contribution in [3.63, 3.8) is 0 Å². The van der Waals surface area contributed by atoms with E-state index in [0.717, 1.165) is 10.9 Å². The predicted molar refractivity (Wildman–Crippen MR) is 54.0 cm³/mol. The largest absolute Gasteiger partial charge is 0.481 e. The van der Waals surface area contributed by atoms with Gasteiger partial charge in [0.15, 0.2) is 0 Å². The molecule has 2 rings (SSSR count). The van der Waals surface area contributed by atoms with E-state index in [1.807, 2.05) is 0 Å². The van der Waals surface area contributed by atoms with E-state index in [1.54, 1.807) is 25.6 Å². The molecule has 0 spiro atoms. The van der Waals surface area contributed by atoms with Gasteiger partial charge in [0.05, 0.1) is 25.3 Å². The number of hydrogen-bond acceptors (Lipinski definition) is 4. The molecule has 0 unspecified atom stereocenters. The number of H-pyrrole nitrogens is 1. The monoisotopic (exact) mass is 206 g/mol. The summed E-state index contributed by atoms with van der Waals surface area (Å²) in [6.45, 7) is 0. The Morgan fingerprint density at radius 3 is 2.93 bits per heavy atom. The van der Waals surface area contributed by atoms with Crippen molar-refractivity contribution in [2.24, 2.45) is 0 Å². The first-order valence-corrected chi connectivity index (χ1v) is 4.35. The second kappa shape index (κ2) is 3.61. The number of hydrogen-bond donors (Lipinski definition) is 1. The van der Waals surface area contributed by atoms with Crippen LogP contribution < -0.4 is 4.74 Å². The highest BCUT2D eigenvalue weighted by Gasteiger charge is 2.12. The molecule has 0 saturated carbocycles. The van der Waals surface area contributed by atoms with Gasteiger partial charge in [0.1, 0.15) is 0 Å². The maximum absolute atomic E-state index is 11.3. The van der Waals surface area contributed by atoms with Gasteiger partial charge in [-0.25, -0.2) is 9.78 Å². The molecule has 0 aliphatic carbocycles. The van der Waals surface area contributed by atoms with Crippen LogP contribution in [0.3, 0.4) is 0 Å². The highest BCUT2D eigenvalue weighted by atomic mass is 16.5. The third-order valence-corrected chi connectivity index (χ3v) is 2.16. The fraction of sp³-hybridized carbons (Fsp3) is 0.200. The zero-order valence-corrected chi connectivity index (χ0v) is 8.40. The molecule has 15 heavy (non-hydrogen) atoms. The fourth-order valence-corrected chi connectivity index (χ4v) is 1.39. The number of rotatable bonds is 2. The van der Waals surface area contributed by atoms with Crippen molar-refractivity contribution >= 4 is 16.9 Å². The van der Waals surface area contributed by atoms with Gasteiger partial charge in [0.2, 0.25) is 5.88 Å². The SMILES string of the molecule is COC(=O)c1c[nH]c2cc(OC)ncc12. The Labute approximate surface area is 86.0 Å². The van der Waals surface area contributed by atoms with E-state index in [0.29, 0.717) is 11.4 Å². The lowest BCUT2D eigenvalue weighted by molar-refractivity contribution is 0.0603. The van der Waals surface area contributed by atoms with E-state index in [9.17, 15) is 4.79 Å². The minimum atomic E-state index is -0.381. The van der Waals surface area contributed by atoms with E-state index < -0.39 is 0 Å². The average Bonchev–Trinajstić information content (AvgIpc) is 2.70. The lowest BCUT2D eigenvalue weighted by Crippen LogP contribution is -1.99. The van der Waals surface area contributed by atoms with Gasteiger partial charge in [0.25, 0.3) is 0 Å². The van der Waals surface area contributed by atoms with Gasteiger partial charge < -0.3 is 14.5 Å². The quantitative estimate of drug-likeness (QED) is 0.753. The summed E-state index contributed by atoms with van der Waals surface area (Å²) in [6.07, 6.45) is 3.18. The van der Waals surface area contributed by atoms with Gasteiger partial charge in [-0.05, 0) is 0 Å². The average molecular weight is 206 g/mol. The topological polar surface area (TPSA) is 64.2 Å². The van der Waals surface area contributed by atoms with Crippen LogP contribution in [0.1, 0.15) is 10.4 Å². The second-order valence-electron chi connectivity index (χ2n) is 2.97. The van der Waals surface area contributed by atoms with Crippen LogP contribution in [-0.2, 0) is 4.74 Å². The Balaban J connectivity index is 2.57. The lowest BCUT2D eigenvalue weighted by atomic mass is 10.2. The van der Waals surface area contributed by atoms with Crippen LogP contribution in [0.25, 0.3) is 10.9 Å². The molecular weight excluding hydrogens is 196 g/mol. The molecule has 2 aromatic heterocycles. The summed E-state index contributed by atoms with van der Waals surface area (Å²) in [4.78, 5) is 18.3. The summed E-state index contributed by atoms with van der Waals surface area (Å²) < 4.78 is 9.61. The van der Waals surface area contributed by atoms with E-state index in [4.69, 9.17) is 4.74 Å². The van der Waals surface area contributed by atoms with Crippen LogP contribution in [0, 0.1) is 0 Å². The maximum atomic E-state index is 11.3. The van der Waals surface area contributed by atoms with Crippen LogP contribution in [0.5, 0.6) is 5.88 Å². The molecule has 5 heteroatoms. The molecular formula is C10H10N2O3. The summed E-state index contributed by atoms with van der Waals surface area (Å²) in [5.41, 5.74) is 1.27. The number of aromatic amines is 1. The third-order valence-electron chi connectivity index (χ3n) is 2.16. The molecule has 0 saturated heterocycles. The van der Waals surface area contributed by atoms with Gasteiger partial charge in [0, 0.05) is 23.8 Å². The van der Waals surface area contributed by atoms with Crippen LogP contribution >= 0.6 is 0 Å². The molecule has 0 aliphatic heterocycles. The van der Waals surface area contributed by atoms with E-state index in [2.05, 4.69) is 14.7 Å². The number of carbonyl (C=O) groups is 1. The second-order valence-corrected chi connectivity index (χ2v) is 2.97. The van der Waals surface area contributed by atoms with Crippen LogP contribution in [0.2, 0.25) is 0 Å². The molecule has 0 aliphatic rings. The molecule has 2 aromatic rings. The molecule has 0 atom stereocenters. The molecule has 1 N–H and O–H groups in total. The Morgan fingerprint density at radius 2 is 2.27 bits per heavy atom. The number of nitrogens with zero attached hydrogens (tertiary/aromatic N) is 1. The van der Waals surface area contributed by atoms with Gasteiger partial charge in [-0.1, -0.05) is 0 Å². The predicted octanol–water partition coefficient (Wildman–Crippen LogP) is 1.36. The number of pyridine rings is 1. The minimum Gasteiger partial charge on any atom is -0.481 e. The lowest BCUT2D eigenvalue weighted by Gasteiger charge is -1.98. The number of esters is 1. The molecule has 2 heterocycles. The number of ether oxygens (including phenoxy) is 2. The zero-order chi connectivity index (χ0) is 10.8. The minimum absolute atomic E-state index is 0.381. The summed E-state index contributed by atoms with van der Waals surface area (Å²) in [5.74, 6) is 0.119. The Bertz CT molecular complexity index is 504. The molecule has 0 aromatic carbocycles. The first-order valence-electron chi connectivity index (χ1n) is 4.35. The normalized spacial score (nSPS) is 10.3. The maximum Gasteiger partial charge on any atom is 0.340 e. The van der Waals surface area contributed by atoms with Crippen LogP contribution in [-0.4, -0.2) is 30.2 Å². The molecule has 0 fully saturated rings. The van der Waals surface area contributed by atoms with Crippen LogP contribution in [0.15, 0.2) is 18.5 Å². The van der Waals surface area contributed by atoms with Crippen molar-refractivity contribution in [3.05, 3.63) is 24.0 Å². The van der Waals surface area contributed by atoms with Crippen LogP contribution in [0.4, 0.5) is 0 Å². The molecule has 0 amide bonds. The third kappa shape index (κ3) is 1.52. The Morgan fingerprint density at radius 1 is 1.47 bits per heavy atom. The standard InChI is InChI=1S/C10H10N2O3/c1-14-9-3-8-6(4-12-9)7(5-11-8)10(13)15-2/h3-5,11H,1-2H3. The van der Waals surface area contributed by atoms with Gasteiger partial charge in [-0.15, -0.1) is 0 Å². The zero-order valence-electron chi connectivity index (χ0n) is 8.40. The smallest absolute Gasteiger partial charge is 0.340 e. The first-order chi connectivity index (χ1) is 7.26. The molecule has 78 valence electrons. The number of nitrogens with one attached hydrogen (secondary N) is 1. The van der Waals surface area contributed by atoms with Gasteiger partial charge in [-0.2, -0.15) is 0 Å². The van der Waals surface area contributed by atoms with Crippen molar-refractivity contribution in [1.29, 1.82) is 0 Å². The van der Waals surface area contributed by atoms with Gasteiger partial charge >= 0.3 is 5.97 Å². The number of aromatic nitrogens is 2. The summed E-state index contributed by atoms with van der Waals surface area (Å²) in [7, 11) is 2.89. The van der Waals surface area contributed by atoms with E-state index >= 15 is 0 Å². The first kappa shape index (κ1) is 9.51. The summed E-state index contributed by atoms with van der Waals surface area (Å²) in [5, 5.41) is 0.725. The van der Waals surface area contributed by atoms with E-state index in [-0.39, 0.29) is 5.97 Å². The van der Waals surface area contributed by atoms with Crippen molar-refractivity contribution < 1.29 is 14.3 Å². The number of fused-ring (bicyclic) bond motifs is 1. The number of carbonyl (C=O) groups excluding carboxylic acids is 1. The van der Waals surface area contributed by atoms with Crippen molar-refractivity contribution in [2.45, 2.75) is 0 Å². The Hall–Kier alpha value is -2.04. The summed E-state index contributed by atoms with van der Waals surface area (Å²) >= 11 is 0. The highest BCUT2D eigenvalue weighted by molar-refractivity contribution is 6.03. The number of methoxy groups -OCH3 is 2. The van der Waals surface area contributed by atoms with Crippen molar-refractivity contribution in [1.82, 2.24) is 9.97 Å². The van der Waals surface area contributed by atoms with E-state index in [1.165, 1.54) is 7.11 Å². The Kier molecular flexibility index (Phi) is 2.29.